The van der Waals surface area contributed by atoms with Crippen molar-refractivity contribution in [3.8, 4) is 11.5 Å². The Kier molecular flexibility index (Phi) is 5.59. The number of urea groups is 1. The van der Waals surface area contributed by atoms with Gasteiger partial charge in [0.25, 0.3) is 0 Å². The number of amides is 4. The summed E-state index contributed by atoms with van der Waals surface area (Å²) in [6.07, 6.45) is 3.15. The van der Waals surface area contributed by atoms with Crippen LogP contribution in [0.4, 0.5) is 4.79 Å². The van der Waals surface area contributed by atoms with Gasteiger partial charge in [-0.2, -0.15) is 4.90 Å². The van der Waals surface area contributed by atoms with Gasteiger partial charge in [-0.15, -0.1) is 0 Å². The van der Waals surface area contributed by atoms with Crippen molar-refractivity contribution in [1.29, 1.82) is 0 Å². The van der Waals surface area contributed by atoms with Gasteiger partial charge in [0, 0.05) is 33.2 Å². The van der Waals surface area contributed by atoms with Gasteiger partial charge in [0.15, 0.2) is 23.1 Å². The number of Topliss-reactive ketones (excluding diaryl/α,β-unsaturated/α-hetero) is 1. The van der Waals surface area contributed by atoms with Gasteiger partial charge in [0.1, 0.15) is 0 Å². The van der Waals surface area contributed by atoms with E-state index in [4.69, 9.17) is 10.5 Å². The van der Waals surface area contributed by atoms with Crippen molar-refractivity contribution in [2.75, 3.05) is 7.11 Å². The molecule has 0 saturated carbocycles. The summed E-state index contributed by atoms with van der Waals surface area (Å²) in [6, 6.07) is 2.05. The minimum Gasteiger partial charge on any atom is -0.504 e. The smallest absolute Gasteiger partial charge is 0.328 e. The lowest BCUT2D eigenvalue weighted by atomic mass is 9.59. The average molecular weight is 606 g/mol. The summed E-state index contributed by atoms with van der Waals surface area (Å²) in [5.74, 6) is -5.48. The van der Waals surface area contributed by atoms with Gasteiger partial charge in [-0.25, -0.2) is 4.79 Å². The van der Waals surface area contributed by atoms with Crippen molar-refractivity contribution in [2.45, 2.75) is 18.8 Å². The number of hydrogen-bond donors (Lipinski definition) is 2. The van der Waals surface area contributed by atoms with Crippen molar-refractivity contribution < 1.29 is 33.8 Å². The molecule has 1 aliphatic heterocycles. The van der Waals surface area contributed by atoms with Gasteiger partial charge in [0.05, 0.1) is 23.4 Å². The van der Waals surface area contributed by atoms with Gasteiger partial charge < -0.3 is 15.6 Å². The van der Waals surface area contributed by atoms with E-state index in [1.807, 2.05) is 0 Å². The monoisotopic (exact) mass is 604 g/mol. The summed E-state index contributed by atoms with van der Waals surface area (Å²) in [5, 5.41) is 11.0. The second-order valence-corrected chi connectivity index (χ2v) is 10.6. The third kappa shape index (κ3) is 3.35. The van der Waals surface area contributed by atoms with E-state index in [9.17, 15) is 29.1 Å². The Morgan fingerprint density at radius 2 is 1.86 bits per heavy atom. The topological polar surface area (TPSA) is 144 Å². The van der Waals surface area contributed by atoms with Crippen LogP contribution in [0.15, 0.2) is 50.0 Å². The molecule has 0 aromatic heterocycles. The number of nitrogens with zero attached hydrogens (tertiary/aromatic N) is 1. The molecule has 5 rings (SSSR count). The Labute approximate surface area is 215 Å². The number of hydrogen-bond acceptors (Lipinski definition) is 7. The van der Waals surface area contributed by atoms with Crippen LogP contribution in [0.5, 0.6) is 11.5 Å². The van der Waals surface area contributed by atoms with E-state index in [-0.39, 0.29) is 40.0 Å². The molecule has 1 aromatic rings. The van der Waals surface area contributed by atoms with Crippen LogP contribution in [0, 0.1) is 17.8 Å². The van der Waals surface area contributed by atoms with Crippen LogP contribution in [0.25, 0.3) is 0 Å². The molecule has 0 bridgehead atoms. The number of benzene rings is 1. The summed E-state index contributed by atoms with van der Waals surface area (Å²) < 4.78 is 5.95. The number of fused-ring (bicyclic) bond motifs is 3. The van der Waals surface area contributed by atoms with Gasteiger partial charge in [-0.3, -0.25) is 19.2 Å². The van der Waals surface area contributed by atoms with Crippen LogP contribution in [-0.4, -0.2) is 46.5 Å². The number of likely N-dealkylation sites (tertiary alicyclic amines) is 1. The Morgan fingerprint density at radius 1 is 1.14 bits per heavy atom. The van der Waals surface area contributed by atoms with E-state index in [0.29, 0.717) is 20.5 Å². The first-order chi connectivity index (χ1) is 16.6. The number of ether oxygens (including phenoxy) is 1. The van der Waals surface area contributed by atoms with Gasteiger partial charge >= 0.3 is 6.03 Å². The molecule has 1 heterocycles. The van der Waals surface area contributed by atoms with Gasteiger partial charge in [-0.05, 0) is 46.8 Å². The molecule has 0 spiro atoms. The summed E-state index contributed by atoms with van der Waals surface area (Å²) in [4.78, 5) is 64.7. The van der Waals surface area contributed by atoms with Crippen LogP contribution in [-0.2, 0) is 19.2 Å². The number of phenolic OH excluding ortho intramolecular Hbond substituents is 1. The molecule has 4 amide bonds. The van der Waals surface area contributed by atoms with Crippen molar-refractivity contribution in [3.63, 3.8) is 0 Å². The number of allylic oxidation sites excluding steroid dienone is 6. The Balaban J connectivity index is 1.75. The molecule has 11 heteroatoms. The van der Waals surface area contributed by atoms with E-state index in [0.717, 1.165) is 0 Å². The SMILES string of the molecule is COc1cc(Br)cc(C2C3=CCC4C(=O)N(C(N)=O)C(=O)C4C3CC3=C2C(=O)C=C(Br)C3=O)c1O. The highest BCUT2D eigenvalue weighted by Gasteiger charge is 2.57. The Morgan fingerprint density at radius 3 is 2.51 bits per heavy atom. The first-order valence-electron chi connectivity index (χ1n) is 10.7. The van der Waals surface area contributed by atoms with Crippen molar-refractivity contribution in [1.82, 2.24) is 4.90 Å². The molecular formula is C24H18Br2N2O7. The van der Waals surface area contributed by atoms with E-state index in [2.05, 4.69) is 31.9 Å². The first-order valence-corrected chi connectivity index (χ1v) is 12.3. The minimum absolute atomic E-state index is 0.0316. The molecule has 4 aliphatic rings. The zero-order valence-electron chi connectivity index (χ0n) is 18.2. The molecule has 1 fully saturated rings. The van der Waals surface area contributed by atoms with Crippen molar-refractivity contribution in [3.05, 3.63) is 55.5 Å². The molecule has 1 saturated heterocycles. The maximum atomic E-state index is 13.2. The maximum Gasteiger partial charge on any atom is 0.328 e. The maximum absolute atomic E-state index is 13.2. The van der Waals surface area contributed by atoms with Crippen LogP contribution in [0.1, 0.15) is 24.3 Å². The number of ketones is 2. The van der Waals surface area contributed by atoms with E-state index < -0.39 is 53.1 Å². The predicted molar refractivity (Wildman–Crippen MR) is 128 cm³/mol. The fourth-order valence-electron chi connectivity index (χ4n) is 5.75. The zero-order valence-corrected chi connectivity index (χ0v) is 21.4. The number of rotatable bonds is 2. The van der Waals surface area contributed by atoms with Crippen molar-refractivity contribution in [2.24, 2.45) is 23.5 Å². The largest absolute Gasteiger partial charge is 0.504 e. The second kappa shape index (κ2) is 8.27. The summed E-state index contributed by atoms with van der Waals surface area (Å²) in [7, 11) is 1.39. The highest BCUT2D eigenvalue weighted by Crippen LogP contribution is 2.57. The minimum atomic E-state index is -1.15. The molecule has 1 aromatic carbocycles. The number of carbonyl (C=O) groups excluding carboxylic acids is 5. The van der Waals surface area contributed by atoms with Crippen LogP contribution in [0.2, 0.25) is 0 Å². The number of methoxy groups -OCH3 is 1. The molecule has 3 aliphatic carbocycles. The van der Waals surface area contributed by atoms with E-state index >= 15 is 0 Å². The second-order valence-electron chi connectivity index (χ2n) is 8.79. The third-order valence-electron chi connectivity index (χ3n) is 7.15. The average Bonchev–Trinajstić information content (AvgIpc) is 3.07. The van der Waals surface area contributed by atoms with Gasteiger partial charge in [0.2, 0.25) is 11.8 Å². The highest BCUT2D eigenvalue weighted by atomic mass is 79.9. The van der Waals surface area contributed by atoms with Crippen LogP contribution in [0.3, 0.4) is 0 Å². The number of halogens is 2. The highest BCUT2D eigenvalue weighted by molar-refractivity contribution is 9.12. The number of carbonyl (C=O) groups is 5. The van der Waals surface area contributed by atoms with Crippen LogP contribution < -0.4 is 10.5 Å². The Bertz CT molecular complexity index is 1360. The molecule has 9 nitrogen and oxygen atoms in total. The number of aromatic hydroxyl groups is 1. The standard InChI is InChI=1S/C24H18Br2N2O7/c1-35-16-5-8(25)4-12(21(16)31)17-9-2-3-10-18(23(33)28(22(10)32)24(27)34)11(9)6-13-19(17)15(29)7-14(26)20(13)30/h2,4-5,7,10-11,17-18,31H,3,6H2,1H3,(H2,27,34). The molecule has 35 heavy (non-hydrogen) atoms. The number of nitrogens with two attached hydrogens (primary N) is 1. The first kappa shape index (κ1) is 23.7. The number of primary amides is 1. The lowest BCUT2D eigenvalue weighted by Gasteiger charge is -2.42. The molecule has 4 unspecified atom stereocenters. The van der Waals surface area contributed by atoms with E-state index in [1.54, 1.807) is 18.2 Å². The molecule has 0 radical (unpaired) electrons. The summed E-state index contributed by atoms with van der Waals surface area (Å²) >= 11 is 6.55. The quantitative estimate of drug-likeness (QED) is 0.299. The molecule has 180 valence electrons. The lowest BCUT2D eigenvalue weighted by molar-refractivity contribution is -0.136. The number of phenols is 1. The lowest BCUT2D eigenvalue weighted by Crippen LogP contribution is -2.42. The third-order valence-corrected chi connectivity index (χ3v) is 8.20. The summed E-state index contributed by atoms with van der Waals surface area (Å²) in [6.45, 7) is 0. The zero-order chi connectivity index (χ0) is 25.3. The molecule has 3 N–H and O–H groups in total. The number of imide groups is 3. The van der Waals surface area contributed by atoms with E-state index in [1.165, 1.54) is 13.2 Å². The fraction of sp³-hybridized carbons (Fsp3) is 0.292. The Hall–Kier alpha value is -3.05. The normalized spacial score (nSPS) is 27.8. The van der Waals surface area contributed by atoms with Crippen molar-refractivity contribution >= 4 is 61.3 Å². The summed E-state index contributed by atoms with van der Waals surface area (Å²) in [5.41, 5.74) is 6.66. The van der Waals surface area contributed by atoms with Gasteiger partial charge in [-0.1, -0.05) is 27.6 Å². The van der Waals surface area contributed by atoms with Crippen LogP contribution >= 0.6 is 31.9 Å². The fourth-order valence-corrected chi connectivity index (χ4v) is 6.65. The predicted octanol–water partition coefficient (Wildman–Crippen LogP) is 3.00. The molecular weight excluding hydrogens is 588 g/mol. The molecule has 4 atom stereocenters.